The van der Waals surface area contributed by atoms with Crippen LogP contribution in [-0.2, 0) is 14.8 Å². The van der Waals surface area contributed by atoms with E-state index >= 15 is 0 Å². The van der Waals surface area contributed by atoms with Crippen LogP contribution in [0.15, 0.2) is 24.3 Å². The normalized spacial score (nSPS) is 12.7. The van der Waals surface area contributed by atoms with Gasteiger partial charge in [-0.1, -0.05) is 38.0 Å². The van der Waals surface area contributed by atoms with Gasteiger partial charge in [-0.05, 0) is 31.9 Å². The summed E-state index contributed by atoms with van der Waals surface area (Å²) in [4.78, 5) is 12.4. The standard InChI is InChI=1S/C16H26N2O3S/c1-5-7-12-17-16(19)15(6-2)18(22(4,20)21)14-10-8-13(3)9-11-14/h8-11,15H,5-7,12H2,1-4H3,(H,17,19)/t15-/m0/s1. The largest absolute Gasteiger partial charge is 0.354 e. The molecule has 6 heteroatoms. The van der Waals surface area contributed by atoms with Crippen LogP contribution in [0.4, 0.5) is 5.69 Å². The molecular formula is C16H26N2O3S. The summed E-state index contributed by atoms with van der Waals surface area (Å²) in [5.74, 6) is -0.248. The molecular weight excluding hydrogens is 300 g/mol. The van der Waals surface area contributed by atoms with Crippen molar-refractivity contribution in [2.45, 2.75) is 46.1 Å². The molecule has 1 N–H and O–H groups in total. The third-order valence-corrected chi connectivity index (χ3v) is 4.63. The van der Waals surface area contributed by atoms with Crippen LogP contribution in [0, 0.1) is 6.92 Å². The molecule has 0 radical (unpaired) electrons. The minimum absolute atomic E-state index is 0.248. The molecule has 1 rings (SSSR count). The van der Waals surface area contributed by atoms with Crippen molar-refractivity contribution in [2.75, 3.05) is 17.1 Å². The van der Waals surface area contributed by atoms with Gasteiger partial charge in [0.15, 0.2) is 0 Å². The van der Waals surface area contributed by atoms with Crippen molar-refractivity contribution in [1.82, 2.24) is 5.32 Å². The molecule has 0 aliphatic carbocycles. The van der Waals surface area contributed by atoms with Crippen LogP contribution in [0.3, 0.4) is 0 Å². The van der Waals surface area contributed by atoms with Gasteiger partial charge < -0.3 is 5.32 Å². The minimum Gasteiger partial charge on any atom is -0.354 e. The van der Waals surface area contributed by atoms with Crippen LogP contribution in [0.2, 0.25) is 0 Å². The molecule has 1 aromatic carbocycles. The molecule has 0 aliphatic heterocycles. The highest BCUT2D eigenvalue weighted by Gasteiger charge is 2.31. The summed E-state index contributed by atoms with van der Waals surface area (Å²) in [5.41, 5.74) is 1.56. The smallest absolute Gasteiger partial charge is 0.243 e. The number of unbranched alkanes of at least 4 members (excludes halogenated alkanes) is 1. The van der Waals surface area contributed by atoms with Crippen molar-refractivity contribution in [3.8, 4) is 0 Å². The van der Waals surface area contributed by atoms with Gasteiger partial charge in [0, 0.05) is 6.54 Å². The summed E-state index contributed by atoms with van der Waals surface area (Å²) in [5, 5.41) is 2.82. The molecule has 0 unspecified atom stereocenters. The Morgan fingerprint density at radius 1 is 1.23 bits per heavy atom. The minimum atomic E-state index is -3.55. The average Bonchev–Trinajstić information content (AvgIpc) is 2.44. The first kappa shape index (κ1) is 18.5. The summed E-state index contributed by atoms with van der Waals surface area (Å²) in [6.45, 7) is 6.36. The second-order valence-corrected chi connectivity index (χ2v) is 7.32. The summed E-state index contributed by atoms with van der Waals surface area (Å²) in [7, 11) is -3.55. The van der Waals surface area contributed by atoms with Crippen LogP contribution < -0.4 is 9.62 Å². The molecule has 0 bridgehead atoms. The zero-order valence-electron chi connectivity index (χ0n) is 13.8. The van der Waals surface area contributed by atoms with Crippen molar-refractivity contribution in [3.05, 3.63) is 29.8 Å². The molecule has 22 heavy (non-hydrogen) atoms. The summed E-state index contributed by atoms with van der Waals surface area (Å²) < 4.78 is 25.6. The van der Waals surface area contributed by atoms with Crippen LogP contribution in [0.5, 0.6) is 0 Å². The van der Waals surface area contributed by atoms with Crippen molar-refractivity contribution >= 4 is 21.6 Å². The van der Waals surface area contributed by atoms with E-state index in [1.807, 2.05) is 32.9 Å². The zero-order chi connectivity index (χ0) is 16.8. The first-order valence-corrected chi connectivity index (χ1v) is 9.49. The summed E-state index contributed by atoms with van der Waals surface area (Å²) in [6, 6.07) is 6.43. The Kier molecular flexibility index (Phi) is 6.87. The monoisotopic (exact) mass is 326 g/mol. The van der Waals surface area contributed by atoms with Crippen LogP contribution in [-0.4, -0.2) is 33.2 Å². The van der Waals surface area contributed by atoms with E-state index in [1.165, 1.54) is 4.31 Å². The van der Waals surface area contributed by atoms with Gasteiger partial charge in [0.05, 0.1) is 11.9 Å². The van der Waals surface area contributed by atoms with Gasteiger partial charge in [0.25, 0.3) is 0 Å². The second-order valence-electron chi connectivity index (χ2n) is 5.46. The highest BCUT2D eigenvalue weighted by Crippen LogP contribution is 2.22. The number of carbonyl (C=O) groups excluding carboxylic acids is 1. The van der Waals surface area contributed by atoms with Crippen molar-refractivity contribution < 1.29 is 13.2 Å². The maximum Gasteiger partial charge on any atom is 0.243 e. The molecule has 0 saturated heterocycles. The Bertz CT molecular complexity index is 582. The number of anilines is 1. The van der Waals surface area contributed by atoms with Crippen LogP contribution in [0.1, 0.15) is 38.7 Å². The zero-order valence-corrected chi connectivity index (χ0v) is 14.6. The SMILES string of the molecule is CCCCNC(=O)[C@H](CC)N(c1ccc(C)cc1)S(C)(=O)=O. The van der Waals surface area contributed by atoms with Gasteiger partial charge in [0.2, 0.25) is 15.9 Å². The van der Waals surface area contributed by atoms with Gasteiger partial charge in [0.1, 0.15) is 6.04 Å². The molecule has 1 amide bonds. The first-order valence-electron chi connectivity index (χ1n) is 7.65. The predicted octanol–water partition coefficient (Wildman–Crippen LogP) is 2.46. The molecule has 0 spiro atoms. The molecule has 5 nitrogen and oxygen atoms in total. The van der Waals surface area contributed by atoms with Crippen LogP contribution >= 0.6 is 0 Å². The van der Waals surface area contributed by atoms with E-state index in [2.05, 4.69) is 5.32 Å². The van der Waals surface area contributed by atoms with E-state index in [9.17, 15) is 13.2 Å². The topological polar surface area (TPSA) is 66.5 Å². The Hall–Kier alpha value is -1.56. The fourth-order valence-electron chi connectivity index (χ4n) is 2.26. The van der Waals surface area contributed by atoms with E-state index in [1.54, 1.807) is 12.1 Å². The van der Waals surface area contributed by atoms with Crippen molar-refractivity contribution in [3.63, 3.8) is 0 Å². The highest BCUT2D eigenvalue weighted by molar-refractivity contribution is 7.92. The van der Waals surface area contributed by atoms with Gasteiger partial charge >= 0.3 is 0 Å². The number of amides is 1. The molecule has 1 aromatic rings. The van der Waals surface area contributed by atoms with Gasteiger partial charge in [-0.2, -0.15) is 0 Å². The van der Waals surface area contributed by atoms with E-state index in [0.717, 1.165) is 24.7 Å². The predicted molar refractivity (Wildman–Crippen MR) is 90.5 cm³/mol. The lowest BCUT2D eigenvalue weighted by molar-refractivity contribution is -0.122. The lowest BCUT2D eigenvalue weighted by Crippen LogP contribution is -2.49. The first-order chi connectivity index (χ1) is 10.3. The quantitative estimate of drug-likeness (QED) is 0.746. The number of nitrogens with zero attached hydrogens (tertiary/aromatic N) is 1. The number of benzene rings is 1. The fourth-order valence-corrected chi connectivity index (χ4v) is 3.47. The lowest BCUT2D eigenvalue weighted by Gasteiger charge is -2.30. The third kappa shape index (κ3) is 5.02. The number of carbonyl (C=O) groups is 1. The molecule has 124 valence electrons. The molecule has 0 saturated carbocycles. The van der Waals surface area contributed by atoms with Gasteiger partial charge in [-0.15, -0.1) is 0 Å². The Morgan fingerprint density at radius 3 is 2.27 bits per heavy atom. The number of sulfonamides is 1. The Balaban J connectivity index is 3.08. The maximum absolute atomic E-state index is 12.4. The van der Waals surface area contributed by atoms with E-state index in [-0.39, 0.29) is 5.91 Å². The third-order valence-electron chi connectivity index (χ3n) is 3.45. The van der Waals surface area contributed by atoms with Gasteiger partial charge in [-0.3, -0.25) is 9.10 Å². The number of hydrogen-bond donors (Lipinski definition) is 1. The number of rotatable bonds is 8. The average molecular weight is 326 g/mol. The van der Waals surface area contributed by atoms with Gasteiger partial charge in [-0.25, -0.2) is 8.42 Å². The second kappa shape index (κ2) is 8.17. The Labute approximate surface area is 133 Å². The molecule has 0 fully saturated rings. The van der Waals surface area contributed by atoms with Crippen molar-refractivity contribution in [2.24, 2.45) is 0 Å². The van der Waals surface area contributed by atoms with E-state index in [4.69, 9.17) is 0 Å². The molecule has 0 heterocycles. The number of nitrogens with one attached hydrogen (secondary N) is 1. The summed E-state index contributed by atoms with van der Waals surface area (Å²) >= 11 is 0. The maximum atomic E-state index is 12.4. The van der Waals surface area contributed by atoms with E-state index in [0.29, 0.717) is 18.7 Å². The van der Waals surface area contributed by atoms with Crippen LogP contribution in [0.25, 0.3) is 0 Å². The lowest BCUT2D eigenvalue weighted by atomic mass is 10.1. The summed E-state index contributed by atoms with van der Waals surface area (Å²) in [6.07, 6.45) is 3.41. The highest BCUT2D eigenvalue weighted by atomic mass is 32.2. The molecule has 1 atom stereocenters. The number of hydrogen-bond acceptors (Lipinski definition) is 3. The molecule has 0 aromatic heterocycles. The van der Waals surface area contributed by atoms with Crippen molar-refractivity contribution in [1.29, 1.82) is 0 Å². The number of aryl methyl sites for hydroxylation is 1. The molecule has 0 aliphatic rings. The fraction of sp³-hybridized carbons (Fsp3) is 0.562. The van der Waals surface area contributed by atoms with E-state index < -0.39 is 16.1 Å². The Morgan fingerprint density at radius 2 is 1.82 bits per heavy atom.